The summed E-state index contributed by atoms with van der Waals surface area (Å²) in [6, 6.07) is 6.19. The summed E-state index contributed by atoms with van der Waals surface area (Å²) in [7, 11) is 0. The van der Waals surface area contributed by atoms with E-state index < -0.39 is 0 Å². The molecule has 1 rings (SSSR count). The summed E-state index contributed by atoms with van der Waals surface area (Å²) >= 11 is 2.29. The molecule has 96 valence electrons. The summed E-state index contributed by atoms with van der Waals surface area (Å²) in [5.74, 6) is 0.951. The highest BCUT2D eigenvalue weighted by atomic mass is 127. The highest BCUT2D eigenvalue weighted by molar-refractivity contribution is 14.1. The van der Waals surface area contributed by atoms with Crippen LogP contribution in [-0.4, -0.2) is 30.9 Å². The minimum atomic E-state index is -0.283. The van der Waals surface area contributed by atoms with E-state index in [1.807, 2.05) is 6.07 Å². The molecule has 0 heterocycles. The Kier molecular flexibility index (Phi) is 6.84. The lowest BCUT2D eigenvalue weighted by Gasteiger charge is -2.10. The molecule has 2 N–H and O–H groups in total. The van der Waals surface area contributed by atoms with Crippen molar-refractivity contribution in [1.29, 1.82) is 0 Å². The highest BCUT2D eigenvalue weighted by Crippen LogP contribution is 2.21. The van der Waals surface area contributed by atoms with E-state index in [9.17, 15) is 0 Å². The standard InChI is InChI=1S/C13H20INO2/c1-10-4-5-13(12(14)8-10)17-7-3-6-15-9-11(2)16/h4-5,8,11,15-16H,3,6-7,9H2,1-2H3/t11-/m0/s1. The zero-order chi connectivity index (χ0) is 12.7. The molecule has 1 aromatic rings. The second kappa shape index (κ2) is 7.89. The molecule has 0 saturated carbocycles. The van der Waals surface area contributed by atoms with Gasteiger partial charge in [-0.15, -0.1) is 0 Å². The van der Waals surface area contributed by atoms with Gasteiger partial charge in [0.2, 0.25) is 0 Å². The number of aryl methyl sites for hydroxylation is 1. The quantitative estimate of drug-likeness (QED) is 0.587. The Hall–Kier alpha value is -0.330. The van der Waals surface area contributed by atoms with Gasteiger partial charge in [0.15, 0.2) is 0 Å². The van der Waals surface area contributed by atoms with E-state index in [4.69, 9.17) is 9.84 Å². The summed E-state index contributed by atoms with van der Waals surface area (Å²) in [6.07, 6.45) is 0.658. The van der Waals surface area contributed by atoms with Crippen LogP contribution >= 0.6 is 22.6 Å². The van der Waals surface area contributed by atoms with Crippen LogP contribution in [0.3, 0.4) is 0 Å². The minimum absolute atomic E-state index is 0.283. The van der Waals surface area contributed by atoms with Crippen molar-refractivity contribution in [2.45, 2.75) is 26.4 Å². The third-order valence-electron chi connectivity index (χ3n) is 2.28. The lowest BCUT2D eigenvalue weighted by molar-refractivity contribution is 0.190. The Morgan fingerprint density at radius 2 is 2.24 bits per heavy atom. The lowest BCUT2D eigenvalue weighted by atomic mass is 10.2. The molecule has 0 aromatic heterocycles. The fraction of sp³-hybridized carbons (Fsp3) is 0.538. The van der Waals surface area contributed by atoms with Crippen molar-refractivity contribution < 1.29 is 9.84 Å². The van der Waals surface area contributed by atoms with Gasteiger partial charge in [0.25, 0.3) is 0 Å². The highest BCUT2D eigenvalue weighted by Gasteiger charge is 2.00. The van der Waals surface area contributed by atoms with E-state index in [0.29, 0.717) is 13.2 Å². The zero-order valence-corrected chi connectivity index (χ0v) is 12.5. The fourth-order valence-corrected chi connectivity index (χ4v) is 2.24. The van der Waals surface area contributed by atoms with Gasteiger partial charge in [0.1, 0.15) is 5.75 Å². The van der Waals surface area contributed by atoms with E-state index in [2.05, 4.69) is 47.0 Å². The van der Waals surface area contributed by atoms with Gasteiger partial charge in [-0.05, 0) is 67.1 Å². The van der Waals surface area contributed by atoms with Gasteiger partial charge < -0.3 is 15.2 Å². The molecule has 0 amide bonds. The molecule has 0 aliphatic heterocycles. The van der Waals surface area contributed by atoms with Crippen LogP contribution in [0.4, 0.5) is 0 Å². The first-order valence-electron chi connectivity index (χ1n) is 5.87. The van der Waals surface area contributed by atoms with E-state index in [1.54, 1.807) is 6.92 Å². The third kappa shape index (κ3) is 6.24. The molecule has 0 aliphatic rings. The van der Waals surface area contributed by atoms with E-state index in [0.717, 1.165) is 22.3 Å². The van der Waals surface area contributed by atoms with Crippen molar-refractivity contribution in [2.24, 2.45) is 0 Å². The minimum Gasteiger partial charge on any atom is -0.492 e. The molecule has 0 radical (unpaired) electrons. The molecule has 1 aromatic carbocycles. The van der Waals surface area contributed by atoms with Crippen molar-refractivity contribution in [3.05, 3.63) is 27.3 Å². The summed E-state index contributed by atoms with van der Waals surface area (Å²) in [4.78, 5) is 0. The first-order chi connectivity index (χ1) is 8.09. The lowest BCUT2D eigenvalue weighted by Crippen LogP contribution is -2.26. The predicted molar refractivity (Wildman–Crippen MR) is 78.6 cm³/mol. The molecule has 17 heavy (non-hydrogen) atoms. The normalized spacial score (nSPS) is 12.5. The Balaban J connectivity index is 2.18. The number of aliphatic hydroxyl groups excluding tert-OH is 1. The summed E-state index contributed by atoms with van der Waals surface area (Å²) in [5, 5.41) is 12.2. The number of ether oxygens (including phenoxy) is 1. The number of benzene rings is 1. The molecule has 4 heteroatoms. The zero-order valence-electron chi connectivity index (χ0n) is 10.4. The van der Waals surface area contributed by atoms with Gasteiger partial charge in [-0.2, -0.15) is 0 Å². The summed E-state index contributed by atoms with van der Waals surface area (Å²) in [5.41, 5.74) is 1.25. The maximum absolute atomic E-state index is 9.05. The maximum Gasteiger partial charge on any atom is 0.132 e. The number of rotatable bonds is 7. The smallest absolute Gasteiger partial charge is 0.132 e. The van der Waals surface area contributed by atoms with Gasteiger partial charge in [0, 0.05) is 6.54 Å². The predicted octanol–water partition coefficient (Wildman–Crippen LogP) is 2.34. The van der Waals surface area contributed by atoms with Gasteiger partial charge >= 0.3 is 0 Å². The van der Waals surface area contributed by atoms with Crippen LogP contribution in [0.2, 0.25) is 0 Å². The van der Waals surface area contributed by atoms with Crippen LogP contribution < -0.4 is 10.1 Å². The van der Waals surface area contributed by atoms with Crippen LogP contribution in [0.15, 0.2) is 18.2 Å². The van der Waals surface area contributed by atoms with Gasteiger partial charge in [-0.3, -0.25) is 0 Å². The Morgan fingerprint density at radius 3 is 2.88 bits per heavy atom. The molecule has 1 atom stereocenters. The molecule has 0 fully saturated rings. The number of hydrogen-bond acceptors (Lipinski definition) is 3. The first-order valence-corrected chi connectivity index (χ1v) is 6.95. The van der Waals surface area contributed by atoms with E-state index >= 15 is 0 Å². The molecule has 0 bridgehead atoms. The monoisotopic (exact) mass is 349 g/mol. The number of aliphatic hydroxyl groups is 1. The SMILES string of the molecule is Cc1ccc(OCCCNC[C@H](C)O)c(I)c1. The van der Waals surface area contributed by atoms with Crippen LogP contribution in [0.25, 0.3) is 0 Å². The van der Waals surface area contributed by atoms with Crippen LogP contribution in [0, 0.1) is 10.5 Å². The van der Waals surface area contributed by atoms with Crippen molar-refractivity contribution in [2.75, 3.05) is 19.7 Å². The molecule has 3 nitrogen and oxygen atoms in total. The summed E-state index contributed by atoms with van der Waals surface area (Å²) in [6.45, 7) is 6.06. The van der Waals surface area contributed by atoms with E-state index in [1.165, 1.54) is 5.56 Å². The van der Waals surface area contributed by atoms with Crippen molar-refractivity contribution >= 4 is 22.6 Å². The number of hydrogen-bond donors (Lipinski definition) is 2. The molecule has 0 saturated heterocycles. The second-order valence-electron chi connectivity index (χ2n) is 4.19. The van der Waals surface area contributed by atoms with Crippen LogP contribution in [-0.2, 0) is 0 Å². The van der Waals surface area contributed by atoms with Gasteiger partial charge in [-0.1, -0.05) is 6.07 Å². The third-order valence-corrected chi connectivity index (χ3v) is 3.13. The average molecular weight is 349 g/mol. The number of halogens is 1. The Morgan fingerprint density at radius 1 is 1.47 bits per heavy atom. The topological polar surface area (TPSA) is 41.5 Å². The Labute approximate surface area is 117 Å². The molecule has 0 aliphatic carbocycles. The van der Waals surface area contributed by atoms with E-state index in [-0.39, 0.29) is 6.10 Å². The van der Waals surface area contributed by atoms with Gasteiger partial charge in [0.05, 0.1) is 16.3 Å². The fourth-order valence-electron chi connectivity index (χ4n) is 1.41. The molecule has 0 unspecified atom stereocenters. The van der Waals surface area contributed by atoms with Gasteiger partial charge in [-0.25, -0.2) is 0 Å². The molecular formula is C13H20INO2. The van der Waals surface area contributed by atoms with Crippen LogP contribution in [0.5, 0.6) is 5.75 Å². The molecule has 0 spiro atoms. The Bertz CT molecular complexity index is 342. The average Bonchev–Trinajstić information content (AvgIpc) is 2.25. The molecular weight excluding hydrogens is 329 g/mol. The number of nitrogens with one attached hydrogen (secondary N) is 1. The van der Waals surface area contributed by atoms with Crippen molar-refractivity contribution in [1.82, 2.24) is 5.32 Å². The first kappa shape index (κ1) is 14.7. The van der Waals surface area contributed by atoms with Crippen LogP contribution in [0.1, 0.15) is 18.9 Å². The maximum atomic E-state index is 9.05. The van der Waals surface area contributed by atoms with Crippen molar-refractivity contribution in [3.63, 3.8) is 0 Å². The summed E-state index contributed by atoms with van der Waals surface area (Å²) < 4.78 is 6.84. The largest absolute Gasteiger partial charge is 0.492 e. The van der Waals surface area contributed by atoms with Crippen molar-refractivity contribution in [3.8, 4) is 5.75 Å². The second-order valence-corrected chi connectivity index (χ2v) is 5.35.